The highest BCUT2D eigenvalue weighted by atomic mass is 79.9. The number of nitrogens with one attached hydrogen (secondary N) is 1. The lowest BCUT2D eigenvalue weighted by Gasteiger charge is -2.11. The SMILES string of the molecule is CCOc1ccc(C(=O)OCC(=O)Nc2ccc(Br)cc2C)cc1OC. The number of carbonyl (C=O) groups is 2. The number of halogens is 1. The fourth-order valence-electron chi connectivity index (χ4n) is 2.24. The zero-order valence-electron chi connectivity index (χ0n) is 14.8. The molecule has 0 aliphatic heterocycles. The molecule has 2 aromatic rings. The zero-order valence-corrected chi connectivity index (χ0v) is 16.4. The van der Waals surface area contributed by atoms with Gasteiger partial charge in [0, 0.05) is 10.2 Å². The van der Waals surface area contributed by atoms with Crippen molar-refractivity contribution in [2.24, 2.45) is 0 Å². The summed E-state index contributed by atoms with van der Waals surface area (Å²) >= 11 is 3.36. The minimum Gasteiger partial charge on any atom is -0.493 e. The molecule has 2 aromatic carbocycles. The van der Waals surface area contributed by atoms with Crippen LogP contribution in [-0.4, -0.2) is 32.2 Å². The van der Waals surface area contributed by atoms with Gasteiger partial charge in [0.25, 0.3) is 5.91 Å². The second-order valence-corrected chi connectivity index (χ2v) is 6.30. The average Bonchev–Trinajstić information content (AvgIpc) is 2.62. The van der Waals surface area contributed by atoms with E-state index in [2.05, 4.69) is 21.2 Å². The van der Waals surface area contributed by atoms with Gasteiger partial charge in [0.2, 0.25) is 0 Å². The maximum absolute atomic E-state index is 12.1. The van der Waals surface area contributed by atoms with Crippen LogP contribution >= 0.6 is 15.9 Å². The normalized spacial score (nSPS) is 10.2. The maximum atomic E-state index is 12.1. The summed E-state index contributed by atoms with van der Waals surface area (Å²) in [6, 6.07) is 10.2. The van der Waals surface area contributed by atoms with Gasteiger partial charge >= 0.3 is 5.97 Å². The van der Waals surface area contributed by atoms with Crippen molar-refractivity contribution in [3.05, 3.63) is 52.0 Å². The van der Waals surface area contributed by atoms with Gasteiger partial charge in [-0.25, -0.2) is 4.79 Å². The van der Waals surface area contributed by atoms with Crippen LogP contribution in [-0.2, 0) is 9.53 Å². The number of ether oxygens (including phenoxy) is 3. The molecule has 0 spiro atoms. The predicted molar refractivity (Wildman–Crippen MR) is 102 cm³/mol. The predicted octanol–water partition coefficient (Wildman–Crippen LogP) is 3.96. The molecule has 0 fully saturated rings. The van der Waals surface area contributed by atoms with Gasteiger partial charge in [-0.15, -0.1) is 0 Å². The fourth-order valence-corrected chi connectivity index (χ4v) is 2.71. The van der Waals surface area contributed by atoms with E-state index < -0.39 is 11.9 Å². The van der Waals surface area contributed by atoms with Gasteiger partial charge in [-0.1, -0.05) is 15.9 Å². The molecule has 0 saturated heterocycles. The Morgan fingerprint density at radius 3 is 2.54 bits per heavy atom. The lowest BCUT2D eigenvalue weighted by atomic mass is 10.2. The quantitative estimate of drug-likeness (QED) is 0.684. The van der Waals surface area contributed by atoms with E-state index in [1.165, 1.54) is 13.2 Å². The van der Waals surface area contributed by atoms with E-state index in [0.717, 1.165) is 10.0 Å². The third-order valence-corrected chi connectivity index (χ3v) is 3.99. The van der Waals surface area contributed by atoms with Crippen LogP contribution in [0.15, 0.2) is 40.9 Å². The topological polar surface area (TPSA) is 73.9 Å². The molecule has 0 radical (unpaired) electrons. The molecule has 0 aliphatic rings. The van der Waals surface area contributed by atoms with E-state index in [0.29, 0.717) is 23.8 Å². The molecule has 0 atom stereocenters. The summed E-state index contributed by atoms with van der Waals surface area (Å²) in [6.07, 6.45) is 0. The van der Waals surface area contributed by atoms with Crippen LogP contribution < -0.4 is 14.8 Å². The maximum Gasteiger partial charge on any atom is 0.338 e. The van der Waals surface area contributed by atoms with Crippen molar-refractivity contribution < 1.29 is 23.8 Å². The van der Waals surface area contributed by atoms with Crippen molar-refractivity contribution in [3.8, 4) is 11.5 Å². The summed E-state index contributed by atoms with van der Waals surface area (Å²) in [5.41, 5.74) is 1.84. The Bertz CT molecular complexity index is 807. The number of methoxy groups -OCH3 is 1. The summed E-state index contributed by atoms with van der Waals surface area (Å²) in [5, 5.41) is 2.71. The van der Waals surface area contributed by atoms with E-state index in [4.69, 9.17) is 14.2 Å². The van der Waals surface area contributed by atoms with E-state index in [1.807, 2.05) is 26.0 Å². The van der Waals surface area contributed by atoms with Crippen molar-refractivity contribution in [1.82, 2.24) is 0 Å². The number of benzene rings is 2. The van der Waals surface area contributed by atoms with Crippen LogP contribution in [0.4, 0.5) is 5.69 Å². The van der Waals surface area contributed by atoms with Crippen molar-refractivity contribution in [2.45, 2.75) is 13.8 Å². The van der Waals surface area contributed by atoms with E-state index in [9.17, 15) is 9.59 Å². The lowest BCUT2D eigenvalue weighted by molar-refractivity contribution is -0.119. The summed E-state index contributed by atoms with van der Waals surface area (Å²) in [6.45, 7) is 3.83. The fraction of sp³-hybridized carbons (Fsp3) is 0.263. The molecule has 1 amide bonds. The van der Waals surface area contributed by atoms with Crippen LogP contribution in [0.3, 0.4) is 0 Å². The van der Waals surface area contributed by atoms with Gasteiger partial charge in [0.05, 0.1) is 19.3 Å². The lowest BCUT2D eigenvalue weighted by Crippen LogP contribution is -2.21. The molecule has 2 rings (SSSR count). The minimum atomic E-state index is -0.617. The Morgan fingerprint density at radius 1 is 1.12 bits per heavy atom. The largest absolute Gasteiger partial charge is 0.493 e. The van der Waals surface area contributed by atoms with Crippen LogP contribution in [0.5, 0.6) is 11.5 Å². The van der Waals surface area contributed by atoms with E-state index >= 15 is 0 Å². The number of hydrogen-bond donors (Lipinski definition) is 1. The van der Waals surface area contributed by atoms with Crippen molar-refractivity contribution >= 4 is 33.5 Å². The second kappa shape index (κ2) is 9.24. The van der Waals surface area contributed by atoms with E-state index in [-0.39, 0.29) is 12.2 Å². The monoisotopic (exact) mass is 421 g/mol. The highest BCUT2D eigenvalue weighted by Crippen LogP contribution is 2.28. The van der Waals surface area contributed by atoms with Gasteiger partial charge in [0.15, 0.2) is 18.1 Å². The van der Waals surface area contributed by atoms with Crippen LogP contribution in [0, 0.1) is 6.92 Å². The minimum absolute atomic E-state index is 0.276. The summed E-state index contributed by atoms with van der Waals surface area (Å²) in [7, 11) is 1.49. The standard InChI is InChI=1S/C19H20BrNO5/c1-4-25-16-8-5-13(10-17(16)24-3)19(23)26-11-18(22)21-15-7-6-14(20)9-12(15)2/h5-10H,4,11H2,1-3H3,(H,21,22). The number of rotatable bonds is 7. The molecule has 6 nitrogen and oxygen atoms in total. The first-order valence-corrected chi connectivity index (χ1v) is 8.77. The number of esters is 1. The first-order chi connectivity index (χ1) is 12.4. The van der Waals surface area contributed by atoms with Gasteiger partial charge in [-0.2, -0.15) is 0 Å². The first kappa shape index (κ1) is 19.8. The van der Waals surface area contributed by atoms with Gasteiger partial charge in [0.1, 0.15) is 0 Å². The first-order valence-electron chi connectivity index (χ1n) is 7.98. The molecule has 0 heterocycles. The molecule has 7 heteroatoms. The number of anilines is 1. The van der Waals surface area contributed by atoms with Crippen molar-refractivity contribution in [1.29, 1.82) is 0 Å². The highest BCUT2D eigenvalue weighted by molar-refractivity contribution is 9.10. The molecule has 138 valence electrons. The number of carbonyl (C=O) groups excluding carboxylic acids is 2. The second-order valence-electron chi connectivity index (χ2n) is 5.38. The van der Waals surface area contributed by atoms with Gasteiger partial charge in [-0.3, -0.25) is 4.79 Å². The Hall–Kier alpha value is -2.54. The summed E-state index contributed by atoms with van der Waals surface area (Å²) in [4.78, 5) is 24.1. The molecule has 0 aromatic heterocycles. The smallest absolute Gasteiger partial charge is 0.338 e. The zero-order chi connectivity index (χ0) is 19.1. The number of hydrogen-bond acceptors (Lipinski definition) is 5. The highest BCUT2D eigenvalue weighted by Gasteiger charge is 2.14. The van der Waals surface area contributed by atoms with Crippen LogP contribution in [0.1, 0.15) is 22.8 Å². The van der Waals surface area contributed by atoms with Crippen LogP contribution in [0.25, 0.3) is 0 Å². The summed E-state index contributed by atoms with van der Waals surface area (Å²) < 4.78 is 16.6. The Kier molecular flexibility index (Phi) is 7.03. The molecular formula is C19H20BrNO5. The van der Waals surface area contributed by atoms with Gasteiger partial charge < -0.3 is 19.5 Å². The van der Waals surface area contributed by atoms with Crippen molar-refractivity contribution in [3.63, 3.8) is 0 Å². The molecule has 0 unspecified atom stereocenters. The average molecular weight is 422 g/mol. The van der Waals surface area contributed by atoms with Gasteiger partial charge in [-0.05, 0) is 55.8 Å². The molecule has 0 aliphatic carbocycles. The third kappa shape index (κ3) is 5.23. The molecule has 0 saturated carbocycles. The third-order valence-electron chi connectivity index (χ3n) is 3.50. The number of aryl methyl sites for hydroxylation is 1. The molecule has 0 bridgehead atoms. The molecular weight excluding hydrogens is 402 g/mol. The Labute approximate surface area is 160 Å². The molecule has 1 N–H and O–H groups in total. The Balaban J connectivity index is 1.96. The Morgan fingerprint density at radius 2 is 1.88 bits per heavy atom. The van der Waals surface area contributed by atoms with Crippen molar-refractivity contribution in [2.75, 3.05) is 25.6 Å². The van der Waals surface area contributed by atoms with Crippen LogP contribution in [0.2, 0.25) is 0 Å². The molecule has 26 heavy (non-hydrogen) atoms. The summed E-state index contributed by atoms with van der Waals surface area (Å²) in [5.74, 6) is -0.0676. The number of amides is 1. The van der Waals surface area contributed by atoms with E-state index in [1.54, 1.807) is 18.2 Å².